The Morgan fingerprint density at radius 3 is 2.57 bits per heavy atom. The molecule has 1 heterocycles. The highest BCUT2D eigenvalue weighted by atomic mass is 32.2. The van der Waals surface area contributed by atoms with Gasteiger partial charge >= 0.3 is 5.97 Å². The molecule has 5 nitrogen and oxygen atoms in total. The first kappa shape index (κ1) is 20.7. The minimum absolute atomic E-state index is 0.124. The van der Waals surface area contributed by atoms with Crippen molar-refractivity contribution in [3.8, 4) is 0 Å². The molecule has 0 bridgehead atoms. The van der Waals surface area contributed by atoms with Crippen molar-refractivity contribution in [3.05, 3.63) is 40.3 Å². The highest BCUT2D eigenvalue weighted by Gasteiger charge is 2.26. The van der Waals surface area contributed by atoms with Gasteiger partial charge in [-0.15, -0.1) is 23.1 Å². The van der Waals surface area contributed by atoms with Crippen LogP contribution in [0.5, 0.6) is 0 Å². The molecule has 0 unspecified atom stereocenters. The number of aryl methyl sites for hydroxylation is 1. The molecule has 0 fully saturated rings. The number of thiophene rings is 1. The minimum atomic E-state index is -0.331. The first-order chi connectivity index (χ1) is 13.6. The lowest BCUT2D eigenvalue weighted by Crippen LogP contribution is -2.17. The van der Waals surface area contributed by atoms with E-state index in [9.17, 15) is 9.59 Å². The Labute approximate surface area is 174 Å². The molecule has 3 rings (SSSR count). The van der Waals surface area contributed by atoms with Crippen LogP contribution in [-0.2, 0) is 22.4 Å². The number of carbonyl (C=O) groups excluding carboxylic acids is 2. The van der Waals surface area contributed by atoms with E-state index >= 15 is 0 Å². The van der Waals surface area contributed by atoms with Crippen LogP contribution in [0.25, 0.3) is 0 Å². The summed E-state index contributed by atoms with van der Waals surface area (Å²) in [5.74, 6) is -0.182. The van der Waals surface area contributed by atoms with Crippen LogP contribution in [0.2, 0.25) is 0 Å². The van der Waals surface area contributed by atoms with Gasteiger partial charge in [0.2, 0.25) is 5.91 Å². The molecule has 1 aliphatic carbocycles. The fourth-order valence-electron chi connectivity index (χ4n) is 3.30. The number of carbonyl (C=O) groups is 2. The quantitative estimate of drug-likeness (QED) is 0.396. The molecule has 7 heteroatoms. The number of ether oxygens (including phenoxy) is 1. The van der Waals surface area contributed by atoms with E-state index in [4.69, 9.17) is 10.5 Å². The van der Waals surface area contributed by atoms with Gasteiger partial charge in [-0.05, 0) is 62.4 Å². The zero-order valence-corrected chi connectivity index (χ0v) is 17.7. The Morgan fingerprint density at radius 2 is 1.86 bits per heavy atom. The van der Waals surface area contributed by atoms with Crippen molar-refractivity contribution in [1.29, 1.82) is 0 Å². The number of nitrogens with two attached hydrogens (primary N) is 1. The molecule has 28 heavy (non-hydrogen) atoms. The van der Waals surface area contributed by atoms with Crippen LogP contribution < -0.4 is 11.1 Å². The van der Waals surface area contributed by atoms with Gasteiger partial charge in [0.25, 0.3) is 0 Å². The number of benzene rings is 1. The smallest absolute Gasteiger partial charge is 0.341 e. The van der Waals surface area contributed by atoms with Crippen LogP contribution in [0.3, 0.4) is 0 Å². The molecule has 0 radical (unpaired) electrons. The third-order valence-corrected chi connectivity index (χ3v) is 6.87. The monoisotopic (exact) mass is 418 g/mol. The number of nitrogens with one attached hydrogen (secondary N) is 1. The van der Waals surface area contributed by atoms with Crippen LogP contribution in [0.1, 0.15) is 53.4 Å². The molecule has 1 aromatic heterocycles. The van der Waals surface area contributed by atoms with Gasteiger partial charge in [-0.2, -0.15) is 0 Å². The summed E-state index contributed by atoms with van der Waals surface area (Å²) in [7, 11) is 0. The van der Waals surface area contributed by atoms with E-state index in [0.29, 0.717) is 22.9 Å². The lowest BCUT2D eigenvalue weighted by Gasteiger charge is -2.11. The molecule has 0 atom stereocenters. The molecule has 3 N–H and O–H groups in total. The van der Waals surface area contributed by atoms with Gasteiger partial charge in [0, 0.05) is 15.5 Å². The molecule has 1 aromatic carbocycles. The first-order valence-electron chi connectivity index (χ1n) is 9.68. The van der Waals surface area contributed by atoms with E-state index in [-0.39, 0.29) is 17.6 Å². The second-order valence-corrected chi connectivity index (χ2v) is 8.90. The summed E-state index contributed by atoms with van der Waals surface area (Å²) in [4.78, 5) is 27.3. The molecule has 0 saturated carbocycles. The maximum atomic E-state index is 12.6. The van der Waals surface area contributed by atoms with Gasteiger partial charge in [0.1, 0.15) is 5.00 Å². The van der Waals surface area contributed by atoms with Crippen molar-refractivity contribution in [2.45, 2.75) is 50.3 Å². The van der Waals surface area contributed by atoms with Crippen LogP contribution in [0.4, 0.5) is 10.7 Å². The Kier molecular flexibility index (Phi) is 7.39. The van der Waals surface area contributed by atoms with Crippen molar-refractivity contribution in [2.75, 3.05) is 23.4 Å². The molecule has 150 valence electrons. The zero-order valence-electron chi connectivity index (χ0n) is 16.1. The molecule has 0 spiro atoms. The number of nitrogen functional groups attached to an aromatic ring is 1. The predicted molar refractivity (Wildman–Crippen MR) is 116 cm³/mol. The second-order valence-electron chi connectivity index (χ2n) is 6.75. The van der Waals surface area contributed by atoms with E-state index in [1.807, 2.05) is 24.3 Å². The Balaban J connectivity index is 1.75. The molecule has 1 amide bonds. The number of amides is 1. The first-order valence-corrected chi connectivity index (χ1v) is 11.5. The standard InChI is InChI=1S/C21H26N2O3S2/c1-2-26-21(25)19-16-7-5-3-4-6-8-17(16)28-20(19)23-18(24)13-27-15-11-9-14(22)10-12-15/h9-12H,2-8,13,22H2,1H3,(H,23,24). The fraction of sp³-hybridized carbons (Fsp3) is 0.429. The van der Waals surface area contributed by atoms with Gasteiger partial charge in [-0.3, -0.25) is 4.79 Å². The summed E-state index contributed by atoms with van der Waals surface area (Å²) in [5, 5.41) is 3.60. The van der Waals surface area contributed by atoms with E-state index < -0.39 is 0 Å². The maximum absolute atomic E-state index is 12.6. The van der Waals surface area contributed by atoms with Gasteiger partial charge in [-0.1, -0.05) is 12.8 Å². The minimum Gasteiger partial charge on any atom is -0.462 e. The van der Waals surface area contributed by atoms with Gasteiger partial charge in [0.15, 0.2) is 0 Å². The summed E-state index contributed by atoms with van der Waals surface area (Å²) in [6, 6.07) is 7.43. The van der Waals surface area contributed by atoms with Crippen LogP contribution in [0, 0.1) is 0 Å². The van der Waals surface area contributed by atoms with Crippen LogP contribution in [0.15, 0.2) is 29.2 Å². The molecule has 0 aliphatic heterocycles. The number of rotatable bonds is 6. The molecule has 0 saturated heterocycles. The maximum Gasteiger partial charge on any atom is 0.341 e. The lowest BCUT2D eigenvalue weighted by molar-refractivity contribution is -0.113. The highest BCUT2D eigenvalue weighted by Crippen LogP contribution is 2.37. The van der Waals surface area contributed by atoms with Crippen LogP contribution in [-0.4, -0.2) is 24.2 Å². The molecular weight excluding hydrogens is 392 g/mol. The summed E-state index contributed by atoms with van der Waals surface area (Å²) < 4.78 is 5.29. The third-order valence-electron chi connectivity index (χ3n) is 4.65. The normalized spacial score (nSPS) is 13.9. The van der Waals surface area contributed by atoms with Crippen molar-refractivity contribution in [2.24, 2.45) is 0 Å². The van der Waals surface area contributed by atoms with Gasteiger partial charge in [-0.25, -0.2) is 4.79 Å². The van der Waals surface area contributed by atoms with Crippen molar-refractivity contribution in [3.63, 3.8) is 0 Å². The molecular formula is C21H26N2O3S2. The van der Waals surface area contributed by atoms with E-state index in [1.165, 1.54) is 40.8 Å². The number of hydrogen-bond donors (Lipinski definition) is 2. The lowest BCUT2D eigenvalue weighted by atomic mass is 9.96. The topological polar surface area (TPSA) is 81.4 Å². The highest BCUT2D eigenvalue weighted by molar-refractivity contribution is 8.00. The zero-order chi connectivity index (χ0) is 19.9. The number of esters is 1. The summed E-state index contributed by atoms with van der Waals surface area (Å²) in [6.07, 6.45) is 6.41. The number of hydrogen-bond acceptors (Lipinski definition) is 6. The average molecular weight is 419 g/mol. The third kappa shape index (κ3) is 5.29. The van der Waals surface area contributed by atoms with Gasteiger partial charge < -0.3 is 15.8 Å². The number of anilines is 2. The number of thioether (sulfide) groups is 1. The number of fused-ring (bicyclic) bond motifs is 1. The summed E-state index contributed by atoms with van der Waals surface area (Å²) >= 11 is 2.98. The van der Waals surface area contributed by atoms with Crippen molar-refractivity contribution < 1.29 is 14.3 Å². The van der Waals surface area contributed by atoms with E-state index in [2.05, 4.69) is 5.32 Å². The second kappa shape index (κ2) is 9.98. The molecule has 2 aromatic rings. The Bertz CT molecular complexity index is 831. The SMILES string of the molecule is CCOC(=O)c1c(NC(=O)CSc2ccc(N)cc2)sc2c1CCCCCC2. The Hall–Kier alpha value is -1.99. The van der Waals surface area contributed by atoms with E-state index in [0.717, 1.165) is 36.1 Å². The van der Waals surface area contributed by atoms with Crippen molar-refractivity contribution >= 4 is 45.7 Å². The largest absolute Gasteiger partial charge is 0.462 e. The van der Waals surface area contributed by atoms with Crippen LogP contribution >= 0.6 is 23.1 Å². The Morgan fingerprint density at radius 1 is 1.14 bits per heavy atom. The summed E-state index contributed by atoms with van der Waals surface area (Å²) in [6.45, 7) is 2.12. The van der Waals surface area contributed by atoms with Crippen molar-refractivity contribution in [1.82, 2.24) is 0 Å². The predicted octanol–water partition coefficient (Wildman–Crippen LogP) is 4.90. The van der Waals surface area contributed by atoms with Gasteiger partial charge in [0.05, 0.1) is 17.9 Å². The molecule has 1 aliphatic rings. The fourth-order valence-corrected chi connectivity index (χ4v) is 5.29. The summed E-state index contributed by atoms with van der Waals surface area (Å²) in [5.41, 5.74) is 8.03. The average Bonchev–Trinajstić information content (AvgIpc) is 2.97. The van der Waals surface area contributed by atoms with E-state index in [1.54, 1.807) is 6.92 Å².